The largest absolute Gasteiger partial charge is 0.462 e. The highest BCUT2D eigenvalue weighted by atomic mass is 16.5. The molecule has 5 heteroatoms. The van der Waals surface area contributed by atoms with Gasteiger partial charge in [0.2, 0.25) is 0 Å². The van der Waals surface area contributed by atoms with Gasteiger partial charge in [-0.2, -0.15) is 0 Å². The summed E-state index contributed by atoms with van der Waals surface area (Å²) < 4.78 is 4.90. The number of H-pyrrole nitrogens is 1. The molecule has 5 nitrogen and oxygen atoms in total. The van der Waals surface area contributed by atoms with Gasteiger partial charge >= 0.3 is 5.97 Å². The fourth-order valence-corrected chi connectivity index (χ4v) is 1.98. The maximum atomic E-state index is 12.2. The minimum absolute atomic E-state index is 0.264. The average Bonchev–Trinajstić information content (AvgIpc) is 2.39. The lowest BCUT2D eigenvalue weighted by atomic mass is 10.1. The van der Waals surface area contributed by atoms with E-state index >= 15 is 0 Å². The zero-order valence-corrected chi connectivity index (χ0v) is 10.8. The van der Waals surface area contributed by atoms with Crippen molar-refractivity contribution in [3.8, 4) is 0 Å². The molecule has 1 aromatic carbocycles. The lowest BCUT2D eigenvalue weighted by Crippen LogP contribution is -2.14. The Morgan fingerprint density at radius 1 is 1.42 bits per heavy atom. The molecule has 19 heavy (non-hydrogen) atoms. The van der Waals surface area contributed by atoms with Gasteiger partial charge in [0.05, 0.1) is 18.8 Å². The van der Waals surface area contributed by atoms with Crippen molar-refractivity contribution < 1.29 is 14.6 Å². The summed E-state index contributed by atoms with van der Waals surface area (Å²) in [7, 11) is 0. The van der Waals surface area contributed by atoms with Gasteiger partial charge in [-0.05, 0) is 32.0 Å². The molecule has 0 bridgehead atoms. The molecule has 0 aliphatic heterocycles. The van der Waals surface area contributed by atoms with Crippen LogP contribution in [-0.4, -0.2) is 22.7 Å². The van der Waals surface area contributed by atoms with Gasteiger partial charge in [0.15, 0.2) is 5.43 Å². The molecule has 2 aromatic rings. The van der Waals surface area contributed by atoms with Crippen LogP contribution in [0.2, 0.25) is 0 Å². The molecule has 0 aliphatic rings. The number of hydrogen-bond donors (Lipinski definition) is 2. The summed E-state index contributed by atoms with van der Waals surface area (Å²) in [6.07, 6.45) is 0. The topological polar surface area (TPSA) is 79.4 Å². The van der Waals surface area contributed by atoms with Crippen molar-refractivity contribution in [1.82, 2.24) is 4.98 Å². The van der Waals surface area contributed by atoms with Crippen molar-refractivity contribution in [2.45, 2.75) is 20.5 Å². The fraction of sp³-hybridized carbons (Fsp3) is 0.286. The summed E-state index contributed by atoms with van der Waals surface area (Å²) in [5.41, 5.74) is 1.64. The van der Waals surface area contributed by atoms with Crippen molar-refractivity contribution in [3.63, 3.8) is 0 Å². The molecule has 0 amide bonds. The van der Waals surface area contributed by atoms with E-state index in [1.165, 1.54) is 6.07 Å². The zero-order valence-electron chi connectivity index (χ0n) is 10.8. The highest BCUT2D eigenvalue weighted by Crippen LogP contribution is 2.14. The fourth-order valence-electron chi connectivity index (χ4n) is 1.98. The van der Waals surface area contributed by atoms with Crippen LogP contribution in [0.25, 0.3) is 10.9 Å². The van der Waals surface area contributed by atoms with Crippen LogP contribution in [0.3, 0.4) is 0 Å². The third-order valence-electron chi connectivity index (χ3n) is 2.98. The van der Waals surface area contributed by atoms with Gasteiger partial charge in [0, 0.05) is 22.2 Å². The lowest BCUT2D eigenvalue weighted by molar-refractivity contribution is 0.0526. The van der Waals surface area contributed by atoms with Crippen molar-refractivity contribution in [2.75, 3.05) is 6.61 Å². The summed E-state index contributed by atoms with van der Waals surface area (Å²) >= 11 is 0. The molecule has 0 unspecified atom stereocenters. The average molecular weight is 261 g/mol. The van der Waals surface area contributed by atoms with Gasteiger partial charge in [0.1, 0.15) is 0 Å². The SMILES string of the molecule is CCOC(=O)c1ccc2[nH]c(C)c(CO)c(=O)c2c1. The molecule has 0 aliphatic carbocycles. The van der Waals surface area contributed by atoms with Gasteiger partial charge in [-0.1, -0.05) is 0 Å². The quantitative estimate of drug-likeness (QED) is 0.821. The number of hydrogen-bond acceptors (Lipinski definition) is 4. The van der Waals surface area contributed by atoms with Crippen molar-refractivity contribution in [3.05, 3.63) is 45.2 Å². The number of aliphatic hydroxyl groups is 1. The third kappa shape index (κ3) is 2.37. The summed E-state index contributed by atoms with van der Waals surface area (Å²) in [5.74, 6) is -0.463. The standard InChI is InChI=1S/C14H15NO4/c1-3-19-14(18)9-4-5-12-10(6-9)13(17)11(7-16)8(2)15-12/h4-6,16H,3,7H2,1-2H3,(H,15,17). The number of pyridine rings is 1. The van der Waals surface area contributed by atoms with E-state index in [0.29, 0.717) is 27.7 Å². The Bertz CT molecular complexity index is 688. The molecular weight excluding hydrogens is 246 g/mol. The number of esters is 1. The van der Waals surface area contributed by atoms with Crippen LogP contribution in [0.15, 0.2) is 23.0 Å². The van der Waals surface area contributed by atoms with Crippen molar-refractivity contribution in [2.24, 2.45) is 0 Å². The molecule has 2 rings (SSSR count). The van der Waals surface area contributed by atoms with Crippen molar-refractivity contribution in [1.29, 1.82) is 0 Å². The van der Waals surface area contributed by atoms with Gasteiger partial charge < -0.3 is 14.8 Å². The molecule has 0 saturated carbocycles. The molecule has 0 spiro atoms. The van der Waals surface area contributed by atoms with Crippen LogP contribution in [0, 0.1) is 6.92 Å². The molecule has 0 atom stereocenters. The van der Waals surface area contributed by atoms with E-state index in [0.717, 1.165) is 0 Å². The van der Waals surface area contributed by atoms with E-state index in [9.17, 15) is 14.7 Å². The third-order valence-corrected chi connectivity index (χ3v) is 2.98. The number of fused-ring (bicyclic) bond motifs is 1. The summed E-state index contributed by atoms with van der Waals surface area (Å²) in [6, 6.07) is 4.76. The van der Waals surface area contributed by atoms with E-state index < -0.39 is 5.97 Å². The molecule has 0 saturated heterocycles. The Hall–Kier alpha value is -2.14. The highest BCUT2D eigenvalue weighted by Gasteiger charge is 2.12. The second-order valence-corrected chi connectivity index (χ2v) is 4.20. The van der Waals surface area contributed by atoms with Crippen molar-refractivity contribution >= 4 is 16.9 Å². The summed E-state index contributed by atoms with van der Waals surface area (Å²) in [6.45, 7) is 3.40. The second-order valence-electron chi connectivity index (χ2n) is 4.20. The number of ether oxygens (including phenoxy) is 1. The van der Waals surface area contributed by atoms with E-state index in [-0.39, 0.29) is 18.6 Å². The van der Waals surface area contributed by atoms with Gasteiger partial charge in [0.25, 0.3) is 0 Å². The maximum Gasteiger partial charge on any atom is 0.338 e. The summed E-state index contributed by atoms with van der Waals surface area (Å²) in [5, 5.41) is 9.59. The minimum Gasteiger partial charge on any atom is -0.462 e. The monoisotopic (exact) mass is 261 g/mol. The van der Waals surface area contributed by atoms with Crippen LogP contribution < -0.4 is 5.43 Å². The van der Waals surface area contributed by atoms with Crippen LogP contribution in [0.5, 0.6) is 0 Å². The molecular formula is C14H15NO4. The number of aliphatic hydroxyl groups excluding tert-OH is 1. The molecule has 0 radical (unpaired) electrons. The minimum atomic E-state index is -0.463. The molecule has 2 N–H and O–H groups in total. The predicted octanol–water partition coefficient (Wildman–Crippen LogP) is 1.51. The summed E-state index contributed by atoms with van der Waals surface area (Å²) in [4.78, 5) is 26.9. The number of carbonyl (C=O) groups excluding carboxylic acids is 1. The maximum absolute atomic E-state index is 12.2. The number of aromatic nitrogens is 1. The normalized spacial score (nSPS) is 10.7. The Labute approximate surface area is 109 Å². The molecule has 100 valence electrons. The second kappa shape index (κ2) is 5.24. The molecule has 1 aromatic heterocycles. The Morgan fingerprint density at radius 2 is 2.16 bits per heavy atom. The number of rotatable bonds is 3. The number of benzene rings is 1. The highest BCUT2D eigenvalue weighted by molar-refractivity contribution is 5.94. The molecule has 0 fully saturated rings. The predicted molar refractivity (Wildman–Crippen MR) is 71.2 cm³/mol. The lowest BCUT2D eigenvalue weighted by Gasteiger charge is -2.07. The first-order valence-electron chi connectivity index (χ1n) is 6.02. The van der Waals surface area contributed by atoms with Crippen LogP contribution in [0.4, 0.5) is 0 Å². The van der Waals surface area contributed by atoms with Gasteiger partial charge in [-0.25, -0.2) is 4.79 Å². The Kier molecular flexibility index (Phi) is 3.66. The van der Waals surface area contributed by atoms with Gasteiger partial charge in [-0.15, -0.1) is 0 Å². The first-order valence-corrected chi connectivity index (χ1v) is 6.02. The smallest absolute Gasteiger partial charge is 0.338 e. The van der Waals surface area contributed by atoms with E-state index in [1.54, 1.807) is 26.0 Å². The number of aromatic amines is 1. The van der Waals surface area contributed by atoms with E-state index in [1.807, 2.05) is 0 Å². The van der Waals surface area contributed by atoms with Gasteiger partial charge in [-0.3, -0.25) is 4.79 Å². The Morgan fingerprint density at radius 3 is 2.79 bits per heavy atom. The van der Waals surface area contributed by atoms with E-state index in [2.05, 4.69) is 4.98 Å². The zero-order chi connectivity index (χ0) is 14.0. The first-order chi connectivity index (χ1) is 9.08. The number of nitrogens with one attached hydrogen (secondary N) is 1. The van der Waals surface area contributed by atoms with Crippen LogP contribution in [-0.2, 0) is 11.3 Å². The molecule has 1 heterocycles. The van der Waals surface area contributed by atoms with Crippen LogP contribution in [0.1, 0.15) is 28.5 Å². The number of carbonyl (C=O) groups is 1. The van der Waals surface area contributed by atoms with Crippen LogP contribution >= 0.6 is 0 Å². The Balaban J connectivity index is 2.65. The first kappa shape index (κ1) is 13.3. The van der Waals surface area contributed by atoms with E-state index in [4.69, 9.17) is 4.74 Å². The number of aryl methyl sites for hydroxylation is 1.